The van der Waals surface area contributed by atoms with Crippen LogP contribution in [0.2, 0.25) is 0 Å². The van der Waals surface area contributed by atoms with Crippen LogP contribution in [0, 0.1) is 5.92 Å². The van der Waals surface area contributed by atoms with E-state index < -0.39 is 0 Å². The Morgan fingerprint density at radius 3 is 2.14 bits per heavy atom. The third-order valence-electron chi connectivity index (χ3n) is 6.68. The van der Waals surface area contributed by atoms with Crippen molar-refractivity contribution < 1.29 is 18.8 Å². The van der Waals surface area contributed by atoms with Gasteiger partial charge in [0.05, 0.1) is 20.6 Å². The van der Waals surface area contributed by atoms with Gasteiger partial charge in [0.2, 0.25) is 6.79 Å². The molecule has 4 heteroatoms. The second kappa shape index (κ2) is 16.4. The Labute approximate surface area is 214 Å². The van der Waals surface area contributed by atoms with E-state index >= 15 is 0 Å². The van der Waals surface area contributed by atoms with Gasteiger partial charge >= 0.3 is 5.97 Å². The number of unbranched alkanes of at least 4 members (excludes halogenated alkanes) is 7. The lowest BCUT2D eigenvalue weighted by Crippen LogP contribution is -2.44. The first-order valence-corrected chi connectivity index (χ1v) is 13.7. The van der Waals surface area contributed by atoms with Gasteiger partial charge in [0.1, 0.15) is 18.2 Å². The highest BCUT2D eigenvalue weighted by atomic mass is 16.7. The average Bonchev–Trinajstić information content (AvgIpc) is 2.85. The fraction of sp³-hybridized carbons (Fsp3) is 0.581. The van der Waals surface area contributed by atoms with E-state index in [4.69, 9.17) is 9.47 Å². The Morgan fingerprint density at radius 1 is 0.829 bits per heavy atom. The molecular weight excluding hydrogens is 434 g/mol. The van der Waals surface area contributed by atoms with Crippen molar-refractivity contribution in [1.29, 1.82) is 0 Å². The van der Waals surface area contributed by atoms with E-state index in [-0.39, 0.29) is 18.7 Å². The lowest BCUT2D eigenvalue weighted by Gasteiger charge is -2.32. The van der Waals surface area contributed by atoms with Gasteiger partial charge in [-0.3, -0.25) is 4.79 Å². The van der Waals surface area contributed by atoms with Crippen LogP contribution in [-0.2, 0) is 22.5 Å². The summed E-state index contributed by atoms with van der Waals surface area (Å²) in [7, 11) is 4.34. The second-order valence-electron chi connectivity index (χ2n) is 10.4. The van der Waals surface area contributed by atoms with Crippen LogP contribution in [-0.4, -0.2) is 37.9 Å². The molecule has 1 atom stereocenters. The molecule has 1 unspecified atom stereocenters. The zero-order valence-corrected chi connectivity index (χ0v) is 22.6. The molecule has 0 heterocycles. The molecule has 2 aromatic rings. The highest BCUT2D eigenvalue weighted by Crippen LogP contribution is 2.22. The van der Waals surface area contributed by atoms with Crippen LogP contribution in [0.3, 0.4) is 0 Å². The van der Waals surface area contributed by atoms with E-state index in [9.17, 15) is 4.79 Å². The van der Waals surface area contributed by atoms with Crippen molar-refractivity contribution >= 4 is 5.97 Å². The van der Waals surface area contributed by atoms with Gasteiger partial charge in [-0.1, -0.05) is 107 Å². The number of hydrogen-bond donors (Lipinski definition) is 0. The molecule has 0 bridgehead atoms. The first kappa shape index (κ1) is 28.9. The first-order chi connectivity index (χ1) is 16.9. The summed E-state index contributed by atoms with van der Waals surface area (Å²) in [4.78, 5) is 12.8. The molecule has 0 radical (unpaired) electrons. The number of carbonyl (C=O) groups is 1. The van der Waals surface area contributed by atoms with Gasteiger partial charge in [-0.15, -0.1) is 0 Å². The third-order valence-corrected chi connectivity index (χ3v) is 6.68. The van der Waals surface area contributed by atoms with Gasteiger partial charge < -0.3 is 14.0 Å². The average molecular weight is 483 g/mol. The van der Waals surface area contributed by atoms with Crippen LogP contribution in [0.1, 0.15) is 82.8 Å². The number of rotatable bonds is 18. The Morgan fingerprint density at radius 2 is 1.46 bits per heavy atom. The summed E-state index contributed by atoms with van der Waals surface area (Å²) >= 11 is 0. The number of benzene rings is 2. The van der Waals surface area contributed by atoms with E-state index in [0.29, 0.717) is 0 Å². The fourth-order valence-corrected chi connectivity index (χ4v) is 4.68. The Balaban J connectivity index is 1.75. The molecule has 0 fully saturated rings. The Kier molecular flexibility index (Phi) is 13.5. The molecule has 0 spiro atoms. The largest absolute Gasteiger partial charge is 0.457 e. The third kappa shape index (κ3) is 11.8. The maximum Gasteiger partial charge on any atom is 0.317 e. The molecule has 0 saturated carbocycles. The first-order valence-electron chi connectivity index (χ1n) is 13.7. The molecule has 2 rings (SSSR count). The highest BCUT2D eigenvalue weighted by molar-refractivity contribution is 5.72. The summed E-state index contributed by atoms with van der Waals surface area (Å²) in [5.41, 5.74) is 2.47. The zero-order chi connectivity index (χ0) is 25.4. The SMILES string of the molecule is CCCCCCCCCCc1ccccc1OCOC(=O)C(CC)C[N+](C)(C)Cc1ccccc1. The summed E-state index contributed by atoms with van der Waals surface area (Å²) in [6, 6.07) is 18.6. The van der Waals surface area contributed by atoms with Crippen LogP contribution in [0.5, 0.6) is 5.75 Å². The fourth-order valence-electron chi connectivity index (χ4n) is 4.68. The van der Waals surface area contributed by atoms with Crippen LogP contribution in [0.25, 0.3) is 0 Å². The summed E-state index contributed by atoms with van der Waals surface area (Å²) in [5.74, 6) is 0.508. The van der Waals surface area contributed by atoms with Crippen molar-refractivity contribution in [2.45, 2.75) is 84.6 Å². The van der Waals surface area contributed by atoms with Crippen molar-refractivity contribution in [3.8, 4) is 5.75 Å². The number of hydrogen-bond acceptors (Lipinski definition) is 3. The van der Waals surface area contributed by atoms with Crippen molar-refractivity contribution in [1.82, 2.24) is 0 Å². The topological polar surface area (TPSA) is 35.5 Å². The Bertz CT molecular complexity index is 834. The summed E-state index contributed by atoms with van der Waals surface area (Å²) in [6.07, 6.45) is 12.2. The minimum Gasteiger partial charge on any atom is -0.457 e. The molecule has 4 nitrogen and oxygen atoms in total. The van der Waals surface area contributed by atoms with Gasteiger partial charge in [0.25, 0.3) is 0 Å². The maximum atomic E-state index is 12.8. The molecule has 0 aliphatic rings. The van der Waals surface area contributed by atoms with Crippen LogP contribution in [0.4, 0.5) is 0 Å². The second-order valence-corrected chi connectivity index (χ2v) is 10.4. The predicted molar refractivity (Wildman–Crippen MR) is 145 cm³/mol. The molecule has 194 valence electrons. The van der Waals surface area contributed by atoms with E-state index in [0.717, 1.165) is 36.2 Å². The van der Waals surface area contributed by atoms with Crippen LogP contribution < -0.4 is 4.74 Å². The molecule has 2 aromatic carbocycles. The van der Waals surface area contributed by atoms with Gasteiger partial charge in [-0.25, -0.2) is 0 Å². The molecule has 35 heavy (non-hydrogen) atoms. The molecule has 0 N–H and O–H groups in total. The van der Waals surface area contributed by atoms with Crippen molar-refractivity contribution in [3.05, 3.63) is 65.7 Å². The van der Waals surface area contributed by atoms with E-state index in [1.165, 1.54) is 62.5 Å². The van der Waals surface area contributed by atoms with E-state index in [1.54, 1.807) is 0 Å². The monoisotopic (exact) mass is 482 g/mol. The van der Waals surface area contributed by atoms with Crippen LogP contribution >= 0.6 is 0 Å². The quantitative estimate of drug-likeness (QED) is 0.0952. The number of nitrogens with zero attached hydrogens (tertiary/aromatic N) is 1. The standard InChI is InChI=1S/C31H48NO3/c1-5-7-8-9-10-11-12-16-21-29-22-17-18-23-30(29)34-26-35-31(33)28(6-2)25-32(3,4)24-27-19-14-13-15-20-27/h13-15,17-20,22-23,28H,5-12,16,21,24-26H2,1-4H3/q+1. The van der Waals surface area contributed by atoms with Crippen molar-refractivity contribution in [2.24, 2.45) is 5.92 Å². The zero-order valence-electron chi connectivity index (χ0n) is 22.6. The Hall–Kier alpha value is -2.33. The van der Waals surface area contributed by atoms with E-state index in [2.05, 4.69) is 64.3 Å². The minimum atomic E-state index is -0.174. The highest BCUT2D eigenvalue weighted by Gasteiger charge is 2.28. The number of quaternary nitrogens is 1. The van der Waals surface area contributed by atoms with Gasteiger partial charge in [0, 0.05) is 5.56 Å². The van der Waals surface area contributed by atoms with Crippen molar-refractivity contribution in [3.63, 3.8) is 0 Å². The normalized spacial score (nSPS) is 12.3. The number of ether oxygens (including phenoxy) is 2. The molecule has 0 aromatic heterocycles. The van der Waals surface area contributed by atoms with Crippen LogP contribution in [0.15, 0.2) is 54.6 Å². The molecule has 0 aliphatic heterocycles. The number of para-hydroxylation sites is 1. The number of aryl methyl sites for hydroxylation is 1. The van der Waals surface area contributed by atoms with E-state index in [1.807, 2.05) is 18.2 Å². The summed E-state index contributed by atoms with van der Waals surface area (Å²) < 4.78 is 12.2. The van der Waals surface area contributed by atoms with Gasteiger partial charge in [-0.05, 0) is 30.9 Å². The smallest absolute Gasteiger partial charge is 0.317 e. The molecule has 0 amide bonds. The van der Waals surface area contributed by atoms with Gasteiger partial charge in [-0.2, -0.15) is 0 Å². The number of carbonyl (C=O) groups excluding carboxylic acids is 1. The minimum absolute atomic E-state index is 0.0319. The molecule has 0 aliphatic carbocycles. The number of esters is 1. The predicted octanol–water partition coefficient (Wildman–Crippen LogP) is 7.55. The summed E-state index contributed by atoms with van der Waals surface area (Å²) in [5, 5.41) is 0. The summed E-state index contributed by atoms with van der Waals surface area (Å²) in [6.45, 7) is 5.90. The lowest BCUT2D eigenvalue weighted by atomic mass is 10.0. The maximum absolute atomic E-state index is 12.8. The molecular formula is C31H48NO3+. The lowest BCUT2D eigenvalue weighted by molar-refractivity contribution is -0.906. The van der Waals surface area contributed by atoms with Gasteiger partial charge in [0.15, 0.2) is 0 Å². The van der Waals surface area contributed by atoms with Crippen molar-refractivity contribution in [2.75, 3.05) is 27.4 Å². The molecule has 0 saturated heterocycles.